The fourth-order valence-electron chi connectivity index (χ4n) is 2.08. The van der Waals surface area contributed by atoms with Crippen LogP contribution in [0.15, 0.2) is 18.6 Å². The van der Waals surface area contributed by atoms with Gasteiger partial charge in [-0.15, -0.1) is 0 Å². The Morgan fingerprint density at radius 3 is 2.86 bits per heavy atom. The van der Waals surface area contributed by atoms with Crippen LogP contribution in [-0.2, 0) is 9.59 Å². The van der Waals surface area contributed by atoms with Gasteiger partial charge in [-0.3, -0.25) is 19.7 Å². The minimum Gasteiger partial charge on any atom is -0.348 e. The molecule has 112 valence electrons. The Morgan fingerprint density at radius 2 is 2.10 bits per heavy atom. The second-order valence-corrected chi connectivity index (χ2v) is 5.08. The monoisotopic (exact) mass is 289 g/mol. The van der Waals surface area contributed by atoms with Crippen LogP contribution in [0.5, 0.6) is 0 Å². The molecule has 7 heteroatoms. The molecular weight excluding hydrogens is 270 g/mol. The Bertz CT molecular complexity index is 637. The van der Waals surface area contributed by atoms with Gasteiger partial charge in [0, 0.05) is 18.1 Å². The van der Waals surface area contributed by atoms with E-state index in [4.69, 9.17) is 0 Å². The molecule has 0 aliphatic heterocycles. The highest BCUT2D eigenvalue weighted by Gasteiger charge is 2.16. The average molecular weight is 289 g/mol. The van der Waals surface area contributed by atoms with Gasteiger partial charge < -0.3 is 10.6 Å². The summed E-state index contributed by atoms with van der Waals surface area (Å²) in [4.78, 5) is 27.6. The highest BCUT2D eigenvalue weighted by Crippen LogP contribution is 2.18. The highest BCUT2D eigenvalue weighted by molar-refractivity contribution is 6.40. The molecule has 0 spiro atoms. The van der Waals surface area contributed by atoms with Crippen molar-refractivity contribution in [3.63, 3.8) is 0 Å². The van der Waals surface area contributed by atoms with Crippen molar-refractivity contribution in [2.24, 2.45) is 5.92 Å². The maximum Gasteiger partial charge on any atom is 0.313 e. The minimum absolute atomic E-state index is 0.351. The summed E-state index contributed by atoms with van der Waals surface area (Å²) in [5.74, 6) is -0.999. The number of anilines is 1. The first-order chi connectivity index (χ1) is 10.1. The number of hydrogen-bond donors (Lipinski definition) is 3. The molecule has 1 atom stereocenters. The lowest BCUT2D eigenvalue weighted by atomic mass is 10.1. The number of rotatable bonds is 5. The van der Waals surface area contributed by atoms with Gasteiger partial charge >= 0.3 is 11.8 Å². The van der Waals surface area contributed by atoms with Crippen LogP contribution < -0.4 is 10.6 Å². The lowest BCUT2D eigenvalue weighted by Crippen LogP contribution is -2.37. The van der Waals surface area contributed by atoms with Crippen molar-refractivity contribution in [1.29, 1.82) is 0 Å². The zero-order chi connectivity index (χ0) is 15.2. The van der Waals surface area contributed by atoms with Crippen LogP contribution >= 0.6 is 0 Å². The first-order valence-electron chi connectivity index (χ1n) is 6.98. The van der Waals surface area contributed by atoms with E-state index < -0.39 is 11.8 Å². The molecule has 2 aromatic heterocycles. The number of aromatic amines is 1. The van der Waals surface area contributed by atoms with E-state index in [1.807, 2.05) is 6.92 Å². The largest absolute Gasteiger partial charge is 0.348 e. The molecule has 21 heavy (non-hydrogen) atoms. The lowest BCUT2D eigenvalue weighted by Gasteiger charge is -2.11. The van der Waals surface area contributed by atoms with Crippen LogP contribution in [0.3, 0.4) is 0 Å². The fourth-order valence-corrected chi connectivity index (χ4v) is 2.08. The van der Waals surface area contributed by atoms with Gasteiger partial charge in [0.15, 0.2) is 0 Å². The average Bonchev–Trinajstić information content (AvgIpc) is 2.94. The lowest BCUT2D eigenvalue weighted by molar-refractivity contribution is -0.136. The molecule has 2 amide bonds. The summed E-state index contributed by atoms with van der Waals surface area (Å²) in [6.45, 7) is 4.62. The van der Waals surface area contributed by atoms with E-state index in [2.05, 4.69) is 32.7 Å². The van der Waals surface area contributed by atoms with Crippen molar-refractivity contribution in [2.75, 3.05) is 11.9 Å². The number of amides is 2. The third-order valence-corrected chi connectivity index (χ3v) is 3.20. The van der Waals surface area contributed by atoms with Gasteiger partial charge in [-0.05, 0) is 12.3 Å². The van der Waals surface area contributed by atoms with Gasteiger partial charge in [-0.1, -0.05) is 20.3 Å². The van der Waals surface area contributed by atoms with Gasteiger partial charge in [0.25, 0.3) is 0 Å². The molecule has 3 N–H and O–H groups in total. The Balaban J connectivity index is 1.95. The summed E-state index contributed by atoms with van der Waals surface area (Å²) in [6, 6.07) is 0. The molecule has 2 aromatic rings. The smallest absolute Gasteiger partial charge is 0.313 e. The topological polar surface area (TPSA) is 99.8 Å². The second kappa shape index (κ2) is 6.83. The van der Waals surface area contributed by atoms with Crippen molar-refractivity contribution in [3.05, 3.63) is 18.6 Å². The second-order valence-electron chi connectivity index (χ2n) is 5.08. The number of aromatic nitrogens is 3. The molecule has 7 nitrogen and oxygen atoms in total. The summed E-state index contributed by atoms with van der Waals surface area (Å²) < 4.78 is 0. The van der Waals surface area contributed by atoms with Crippen LogP contribution in [0.4, 0.5) is 5.69 Å². The molecule has 2 rings (SSSR count). The van der Waals surface area contributed by atoms with E-state index in [-0.39, 0.29) is 0 Å². The Morgan fingerprint density at radius 1 is 1.29 bits per heavy atom. The van der Waals surface area contributed by atoms with Gasteiger partial charge in [-0.25, -0.2) is 0 Å². The van der Waals surface area contributed by atoms with Gasteiger partial charge in [-0.2, -0.15) is 5.10 Å². The Hall–Kier alpha value is -2.44. The van der Waals surface area contributed by atoms with E-state index in [0.717, 1.165) is 18.2 Å². The SMILES string of the molecule is CCCC(C)CNC(=O)C(=O)Nc1cncc2cn[nH]c12. The number of H-pyrrole nitrogens is 1. The molecule has 0 bridgehead atoms. The predicted molar refractivity (Wildman–Crippen MR) is 79.6 cm³/mol. The Kier molecular flexibility index (Phi) is 4.86. The summed E-state index contributed by atoms with van der Waals surface area (Å²) in [6.07, 6.45) is 6.77. The van der Waals surface area contributed by atoms with Crippen molar-refractivity contribution >= 4 is 28.4 Å². The van der Waals surface area contributed by atoms with Crippen molar-refractivity contribution in [2.45, 2.75) is 26.7 Å². The number of pyridine rings is 1. The van der Waals surface area contributed by atoms with Crippen LogP contribution in [0.1, 0.15) is 26.7 Å². The molecule has 0 aliphatic rings. The zero-order valence-corrected chi connectivity index (χ0v) is 12.1. The van der Waals surface area contributed by atoms with E-state index in [0.29, 0.717) is 23.7 Å². The van der Waals surface area contributed by atoms with Crippen LogP contribution in [-0.4, -0.2) is 33.5 Å². The molecule has 0 saturated heterocycles. The fraction of sp³-hybridized carbons (Fsp3) is 0.429. The summed E-state index contributed by atoms with van der Waals surface area (Å²) in [5.41, 5.74) is 1.08. The number of hydrogen-bond acceptors (Lipinski definition) is 4. The molecule has 0 fully saturated rings. The molecule has 0 saturated carbocycles. The molecular formula is C14H19N5O2. The third-order valence-electron chi connectivity index (χ3n) is 3.20. The van der Waals surface area contributed by atoms with Crippen molar-refractivity contribution in [3.8, 4) is 0 Å². The standard InChI is InChI=1S/C14H19N5O2/c1-3-4-9(2)5-16-13(20)14(21)18-11-8-15-6-10-7-17-19-12(10)11/h6-9H,3-5H2,1-2H3,(H,16,20)(H,17,19)(H,18,21). The number of nitrogens with zero attached hydrogens (tertiary/aromatic N) is 2. The van der Waals surface area contributed by atoms with Gasteiger partial charge in [0.05, 0.1) is 23.6 Å². The van der Waals surface area contributed by atoms with Gasteiger partial charge in [0.1, 0.15) is 0 Å². The highest BCUT2D eigenvalue weighted by atomic mass is 16.2. The number of nitrogens with one attached hydrogen (secondary N) is 3. The van der Waals surface area contributed by atoms with Crippen molar-refractivity contribution in [1.82, 2.24) is 20.5 Å². The molecule has 1 unspecified atom stereocenters. The first-order valence-corrected chi connectivity index (χ1v) is 6.98. The maximum atomic E-state index is 11.9. The molecule has 0 radical (unpaired) electrons. The first kappa shape index (κ1) is 15.0. The number of carbonyl (C=O) groups is 2. The van der Waals surface area contributed by atoms with Crippen LogP contribution in [0, 0.1) is 5.92 Å². The van der Waals surface area contributed by atoms with E-state index >= 15 is 0 Å². The molecule has 0 aliphatic carbocycles. The van der Waals surface area contributed by atoms with E-state index in [9.17, 15) is 9.59 Å². The number of carbonyl (C=O) groups excluding carboxylic acids is 2. The molecule has 0 aromatic carbocycles. The maximum absolute atomic E-state index is 11.9. The predicted octanol–water partition coefficient (Wildman–Crippen LogP) is 1.45. The zero-order valence-electron chi connectivity index (χ0n) is 12.1. The van der Waals surface area contributed by atoms with Crippen LogP contribution in [0.25, 0.3) is 10.9 Å². The normalized spacial score (nSPS) is 12.1. The van der Waals surface area contributed by atoms with Crippen LogP contribution in [0.2, 0.25) is 0 Å². The Labute approximate surface area is 122 Å². The minimum atomic E-state index is -0.706. The third kappa shape index (κ3) is 3.77. The quantitative estimate of drug-likeness (QED) is 0.725. The van der Waals surface area contributed by atoms with E-state index in [1.54, 1.807) is 12.4 Å². The van der Waals surface area contributed by atoms with Crippen molar-refractivity contribution < 1.29 is 9.59 Å². The summed E-state index contributed by atoms with van der Waals surface area (Å²) >= 11 is 0. The molecule has 2 heterocycles. The van der Waals surface area contributed by atoms with Gasteiger partial charge in [0.2, 0.25) is 0 Å². The summed E-state index contributed by atoms with van der Waals surface area (Å²) in [5, 5.41) is 12.6. The van der Waals surface area contributed by atoms with E-state index in [1.165, 1.54) is 6.20 Å². The summed E-state index contributed by atoms with van der Waals surface area (Å²) in [7, 11) is 0. The number of fused-ring (bicyclic) bond motifs is 1.